The fourth-order valence-corrected chi connectivity index (χ4v) is 5.57. The molecule has 196 valence electrons. The SMILES string of the molecule is CC(C)(C)OC(=O)C(C)(C)O/N=C(\C(=O)NOC(=O)C1=C(CI)CS[C@H]2CC(=O)N12)c1nsc(N)n1. The minimum atomic E-state index is -1.58. The summed E-state index contributed by atoms with van der Waals surface area (Å²) in [6.07, 6.45) is 0.334. The first-order valence-corrected chi connectivity index (χ1v) is 13.9. The molecule has 36 heavy (non-hydrogen) atoms. The van der Waals surface area contributed by atoms with Gasteiger partial charge < -0.3 is 20.1 Å². The molecule has 0 spiro atoms. The van der Waals surface area contributed by atoms with Crippen molar-refractivity contribution < 1.29 is 33.6 Å². The Balaban J connectivity index is 1.77. The maximum Gasteiger partial charge on any atom is 0.379 e. The molecule has 0 bridgehead atoms. The lowest BCUT2D eigenvalue weighted by molar-refractivity contribution is -0.179. The highest BCUT2D eigenvalue weighted by Crippen LogP contribution is 2.40. The molecule has 1 fully saturated rings. The third kappa shape index (κ3) is 6.44. The van der Waals surface area contributed by atoms with Crippen LogP contribution in [0.3, 0.4) is 0 Å². The van der Waals surface area contributed by atoms with Gasteiger partial charge >= 0.3 is 17.8 Å². The molecule has 3 N–H and O–H groups in total. The van der Waals surface area contributed by atoms with Crippen molar-refractivity contribution in [2.24, 2.45) is 5.16 Å². The molecule has 1 aromatic rings. The van der Waals surface area contributed by atoms with Crippen molar-refractivity contribution in [3.05, 3.63) is 17.1 Å². The van der Waals surface area contributed by atoms with Crippen LogP contribution < -0.4 is 11.2 Å². The number of anilines is 1. The van der Waals surface area contributed by atoms with Crippen LogP contribution in [-0.2, 0) is 33.6 Å². The van der Waals surface area contributed by atoms with E-state index in [4.69, 9.17) is 20.1 Å². The van der Waals surface area contributed by atoms with Crippen LogP contribution in [0.2, 0.25) is 0 Å². The van der Waals surface area contributed by atoms with Crippen LogP contribution >= 0.6 is 45.9 Å². The molecule has 3 rings (SSSR count). The molecule has 2 amide bonds. The molecule has 2 aliphatic heterocycles. The predicted octanol–water partition coefficient (Wildman–Crippen LogP) is 1.53. The summed E-state index contributed by atoms with van der Waals surface area (Å²) < 4.78 is 9.75. The maximum atomic E-state index is 12.9. The van der Waals surface area contributed by atoms with Gasteiger partial charge in [-0.2, -0.15) is 14.8 Å². The van der Waals surface area contributed by atoms with Crippen LogP contribution in [0.1, 0.15) is 46.9 Å². The number of rotatable bonds is 7. The minimum absolute atomic E-state index is 0.0489. The number of alkyl halides is 1. The first-order chi connectivity index (χ1) is 16.7. The van der Waals surface area contributed by atoms with E-state index < -0.39 is 34.8 Å². The van der Waals surface area contributed by atoms with E-state index in [2.05, 4.69) is 37.1 Å². The van der Waals surface area contributed by atoms with Crippen molar-refractivity contribution in [1.29, 1.82) is 0 Å². The van der Waals surface area contributed by atoms with E-state index >= 15 is 0 Å². The molecule has 13 nitrogen and oxygen atoms in total. The molecular weight excluding hydrogens is 627 g/mol. The molecule has 0 unspecified atom stereocenters. The number of carbonyl (C=O) groups excluding carboxylic acids is 4. The lowest BCUT2D eigenvalue weighted by Crippen LogP contribution is -2.54. The Bertz CT molecular complexity index is 1140. The number of nitrogens with one attached hydrogen (secondary N) is 1. The van der Waals surface area contributed by atoms with Gasteiger partial charge in [0, 0.05) is 21.7 Å². The van der Waals surface area contributed by atoms with Gasteiger partial charge in [0.1, 0.15) is 11.3 Å². The van der Waals surface area contributed by atoms with E-state index in [0.29, 0.717) is 16.6 Å². The van der Waals surface area contributed by atoms with Gasteiger partial charge in [0.15, 0.2) is 5.13 Å². The van der Waals surface area contributed by atoms with Crippen LogP contribution in [0.15, 0.2) is 16.4 Å². The van der Waals surface area contributed by atoms with Crippen LogP contribution in [-0.4, -0.2) is 70.5 Å². The number of amides is 2. The summed E-state index contributed by atoms with van der Waals surface area (Å²) in [6.45, 7) is 7.89. The Kier molecular flexibility index (Phi) is 8.49. The van der Waals surface area contributed by atoms with Crippen molar-refractivity contribution in [2.75, 3.05) is 15.9 Å². The first kappa shape index (κ1) is 28.1. The number of hydroxylamine groups is 1. The van der Waals surface area contributed by atoms with E-state index in [1.807, 2.05) is 5.48 Å². The van der Waals surface area contributed by atoms with Crippen LogP contribution in [0.4, 0.5) is 5.13 Å². The van der Waals surface area contributed by atoms with Gasteiger partial charge in [0.2, 0.25) is 23.0 Å². The number of oxime groups is 1. The molecule has 1 atom stereocenters. The molecule has 0 radical (unpaired) electrons. The summed E-state index contributed by atoms with van der Waals surface area (Å²) in [7, 11) is 0. The molecule has 3 heterocycles. The summed E-state index contributed by atoms with van der Waals surface area (Å²) in [5, 5.41) is 3.67. The zero-order valence-corrected chi connectivity index (χ0v) is 23.9. The summed E-state index contributed by atoms with van der Waals surface area (Å²) in [5.41, 5.74) is 5.60. The van der Waals surface area contributed by atoms with Gasteiger partial charge in [-0.15, -0.1) is 11.8 Å². The van der Waals surface area contributed by atoms with Gasteiger partial charge in [-0.3, -0.25) is 14.5 Å². The van der Waals surface area contributed by atoms with Crippen molar-refractivity contribution in [2.45, 2.75) is 57.6 Å². The second kappa shape index (κ2) is 10.9. The average Bonchev–Trinajstić information content (AvgIpc) is 3.20. The lowest BCUT2D eigenvalue weighted by Gasteiger charge is -2.44. The summed E-state index contributed by atoms with van der Waals surface area (Å²) in [4.78, 5) is 65.9. The van der Waals surface area contributed by atoms with Gasteiger partial charge in [-0.25, -0.2) is 9.59 Å². The lowest BCUT2D eigenvalue weighted by atomic mass is 10.1. The fraction of sp³-hybridized carbons (Fsp3) is 0.550. The molecule has 0 saturated carbocycles. The van der Waals surface area contributed by atoms with E-state index in [9.17, 15) is 19.2 Å². The molecular formula is C20H25IN6O7S2. The number of hydrogen-bond donors (Lipinski definition) is 2. The first-order valence-electron chi connectivity index (χ1n) is 10.6. The Hall–Kier alpha value is -2.47. The third-order valence-corrected chi connectivity index (χ3v) is 7.39. The average molecular weight is 652 g/mol. The third-order valence-electron chi connectivity index (χ3n) is 4.65. The van der Waals surface area contributed by atoms with E-state index in [1.54, 1.807) is 32.5 Å². The molecule has 1 aromatic heterocycles. The van der Waals surface area contributed by atoms with Crippen LogP contribution in [0.25, 0.3) is 0 Å². The molecule has 16 heteroatoms. The number of β-lactam (4-membered cyclic amide) rings is 1. The fourth-order valence-electron chi connectivity index (χ4n) is 2.87. The van der Waals surface area contributed by atoms with Crippen molar-refractivity contribution in [3.8, 4) is 0 Å². The monoisotopic (exact) mass is 652 g/mol. The molecule has 0 aromatic carbocycles. The summed E-state index contributed by atoms with van der Waals surface area (Å²) in [6, 6.07) is 0. The number of carbonyl (C=O) groups is 4. The van der Waals surface area contributed by atoms with Crippen molar-refractivity contribution >= 4 is 80.5 Å². The summed E-state index contributed by atoms with van der Waals surface area (Å²) >= 11 is 4.46. The van der Waals surface area contributed by atoms with Crippen LogP contribution in [0.5, 0.6) is 0 Å². The van der Waals surface area contributed by atoms with Crippen molar-refractivity contribution in [3.63, 3.8) is 0 Å². The summed E-state index contributed by atoms with van der Waals surface area (Å²) in [5.74, 6) is -2.49. The second-order valence-corrected chi connectivity index (χ2v) is 11.9. The minimum Gasteiger partial charge on any atom is -0.457 e. The number of aromatic nitrogens is 2. The number of ether oxygens (including phenoxy) is 1. The Morgan fingerprint density at radius 1 is 1.28 bits per heavy atom. The second-order valence-electron chi connectivity index (χ2n) is 9.14. The number of nitrogen functional groups attached to an aromatic ring is 1. The molecule has 0 aliphatic carbocycles. The predicted molar refractivity (Wildman–Crippen MR) is 140 cm³/mol. The molecule has 2 aliphatic rings. The quantitative estimate of drug-likeness (QED) is 0.109. The highest BCUT2D eigenvalue weighted by Gasteiger charge is 2.46. The smallest absolute Gasteiger partial charge is 0.379 e. The van der Waals surface area contributed by atoms with Gasteiger partial charge in [0.05, 0.1) is 11.8 Å². The van der Waals surface area contributed by atoms with E-state index in [0.717, 1.165) is 17.1 Å². The zero-order chi connectivity index (χ0) is 26.8. The maximum absolute atomic E-state index is 12.9. The van der Waals surface area contributed by atoms with Crippen LogP contribution in [0, 0.1) is 0 Å². The Morgan fingerprint density at radius 2 is 1.97 bits per heavy atom. The normalized spacial score (nSPS) is 18.3. The highest BCUT2D eigenvalue weighted by molar-refractivity contribution is 14.1. The number of esters is 1. The zero-order valence-electron chi connectivity index (χ0n) is 20.1. The largest absolute Gasteiger partial charge is 0.457 e. The molecule has 1 saturated heterocycles. The number of nitrogens with zero attached hydrogens (tertiary/aromatic N) is 4. The Labute approximate surface area is 228 Å². The number of thioether (sulfide) groups is 1. The number of nitrogens with two attached hydrogens (primary N) is 1. The number of halogens is 1. The van der Waals surface area contributed by atoms with E-state index in [-0.39, 0.29) is 27.9 Å². The Morgan fingerprint density at radius 3 is 2.53 bits per heavy atom. The highest BCUT2D eigenvalue weighted by atomic mass is 127. The van der Waals surface area contributed by atoms with Crippen molar-refractivity contribution in [1.82, 2.24) is 19.7 Å². The van der Waals surface area contributed by atoms with Gasteiger partial charge in [0.25, 0.3) is 0 Å². The topological polar surface area (TPSA) is 175 Å². The van der Waals surface area contributed by atoms with Gasteiger partial charge in [-0.1, -0.05) is 27.7 Å². The standard InChI is InChI=1S/C20H25IN6O7S2/c1-19(2,3)32-17(31)20(4,5)34-24-12(14-23-18(22)36-26-14)15(29)25-33-16(30)13-9(7-21)8-35-11-6-10(28)27(11)13/h11H,6-8H2,1-5H3,(H,25,29)(H2,22,23,26)/b24-12-/t11-/m0/s1. The number of hydrogen-bond acceptors (Lipinski definition) is 13. The van der Waals surface area contributed by atoms with Gasteiger partial charge in [-0.05, 0) is 40.2 Å². The number of fused-ring (bicyclic) bond motifs is 1. The van der Waals surface area contributed by atoms with E-state index in [1.165, 1.54) is 18.7 Å².